The van der Waals surface area contributed by atoms with E-state index in [0.717, 1.165) is 0 Å². The highest BCUT2D eigenvalue weighted by Crippen LogP contribution is 2.15. The molecule has 4 nitrogen and oxygen atoms in total. The number of carbonyl (C=O) groups excluding carboxylic acids is 1. The topological polar surface area (TPSA) is 45.2 Å². The van der Waals surface area contributed by atoms with Crippen molar-refractivity contribution in [2.24, 2.45) is 5.41 Å². The number of hydrogen-bond donors (Lipinski definition) is 2. The van der Waals surface area contributed by atoms with Gasteiger partial charge in [0.05, 0.1) is 11.9 Å². The van der Waals surface area contributed by atoms with Crippen LogP contribution in [0.2, 0.25) is 0 Å². The summed E-state index contributed by atoms with van der Waals surface area (Å²) in [5.74, 6) is 0. The van der Waals surface area contributed by atoms with E-state index < -0.39 is 0 Å². The second-order valence-corrected chi connectivity index (χ2v) is 5.14. The van der Waals surface area contributed by atoms with Crippen LogP contribution in [0.25, 0.3) is 0 Å². The Bertz CT molecular complexity index is 348. The van der Waals surface area contributed by atoms with Crippen molar-refractivity contribution in [3.05, 3.63) is 24.5 Å². The molecule has 0 unspecified atom stereocenters. The molecule has 0 aliphatic carbocycles. The van der Waals surface area contributed by atoms with Gasteiger partial charge in [0.2, 0.25) is 0 Å². The van der Waals surface area contributed by atoms with Gasteiger partial charge in [0.1, 0.15) is 0 Å². The first-order valence-corrected chi connectivity index (χ1v) is 5.47. The van der Waals surface area contributed by atoms with E-state index in [1.54, 1.807) is 24.5 Å². The molecule has 1 rings (SSSR count). The van der Waals surface area contributed by atoms with Crippen molar-refractivity contribution >= 4 is 24.5 Å². The van der Waals surface area contributed by atoms with E-state index >= 15 is 0 Å². The average molecular weight is 239 g/mol. The van der Waals surface area contributed by atoms with Gasteiger partial charge in [-0.3, -0.25) is 4.98 Å². The number of nitrogens with one attached hydrogen (secondary N) is 1. The number of aromatic nitrogens is 1. The fourth-order valence-electron chi connectivity index (χ4n) is 1.01. The van der Waals surface area contributed by atoms with Crippen molar-refractivity contribution in [3.8, 4) is 0 Å². The third-order valence-electron chi connectivity index (χ3n) is 1.85. The molecule has 1 N–H and O–H groups in total. The lowest BCUT2D eigenvalue weighted by Crippen LogP contribution is -2.38. The molecular weight excluding hydrogens is 222 g/mol. The van der Waals surface area contributed by atoms with E-state index in [2.05, 4.69) is 43.9 Å². The maximum Gasteiger partial charge on any atom is 0.332 e. The first-order chi connectivity index (χ1) is 7.40. The molecule has 1 aromatic heterocycles. The molecule has 88 valence electrons. The van der Waals surface area contributed by atoms with Gasteiger partial charge in [0.15, 0.2) is 0 Å². The maximum atomic E-state index is 11.7. The lowest BCUT2D eigenvalue weighted by atomic mass is 9.97. The Morgan fingerprint density at radius 1 is 1.56 bits per heavy atom. The molecule has 0 aliphatic heterocycles. The highest BCUT2D eigenvalue weighted by molar-refractivity contribution is 7.82. The third-order valence-corrected chi connectivity index (χ3v) is 2.27. The zero-order valence-corrected chi connectivity index (χ0v) is 10.7. The molecule has 1 heterocycles. The molecule has 1 aromatic rings. The van der Waals surface area contributed by atoms with Gasteiger partial charge in [-0.25, -0.2) is 9.10 Å². The summed E-state index contributed by atoms with van der Waals surface area (Å²) in [6.45, 7) is 6.77. The van der Waals surface area contributed by atoms with Crippen LogP contribution in [0.15, 0.2) is 24.5 Å². The Morgan fingerprint density at radius 2 is 2.25 bits per heavy atom. The number of amides is 2. The molecule has 16 heavy (non-hydrogen) atoms. The average Bonchev–Trinajstić information content (AvgIpc) is 2.25. The summed E-state index contributed by atoms with van der Waals surface area (Å²) < 4.78 is 1.25. The van der Waals surface area contributed by atoms with Crippen LogP contribution in [0.5, 0.6) is 0 Å². The van der Waals surface area contributed by atoms with E-state index in [4.69, 9.17) is 0 Å². The Labute approximate surface area is 102 Å². The quantitative estimate of drug-likeness (QED) is 0.779. The lowest BCUT2D eigenvalue weighted by molar-refractivity contribution is 0.244. The minimum atomic E-state index is -0.244. The molecule has 0 fully saturated rings. The summed E-state index contributed by atoms with van der Waals surface area (Å²) >= 11 is 4.13. The molecule has 0 atom stereocenters. The second kappa shape index (κ2) is 5.21. The number of nitrogens with zero attached hydrogens (tertiary/aromatic N) is 2. The summed E-state index contributed by atoms with van der Waals surface area (Å²) in [6, 6.07) is 3.29. The standard InChI is InChI=1S/C11H17N3OS/c1-11(2,3)8-13-10(15)14(16)9-5-4-6-12-7-9/h4-7,16H,8H2,1-3H3,(H,13,15). The number of rotatable bonds is 2. The molecule has 0 saturated carbocycles. The molecule has 5 heteroatoms. The number of pyridine rings is 1. The Morgan fingerprint density at radius 3 is 2.75 bits per heavy atom. The molecule has 0 bridgehead atoms. The summed E-state index contributed by atoms with van der Waals surface area (Å²) in [7, 11) is 0. The number of thiol groups is 1. The monoisotopic (exact) mass is 239 g/mol. The lowest BCUT2D eigenvalue weighted by Gasteiger charge is -2.22. The minimum absolute atomic E-state index is 0.0548. The number of urea groups is 1. The summed E-state index contributed by atoms with van der Waals surface area (Å²) in [4.78, 5) is 15.6. The zero-order valence-electron chi connectivity index (χ0n) is 9.77. The Kier molecular flexibility index (Phi) is 4.18. The van der Waals surface area contributed by atoms with Crippen LogP contribution in [0, 0.1) is 5.41 Å². The van der Waals surface area contributed by atoms with E-state index in [1.807, 2.05) is 0 Å². The van der Waals surface area contributed by atoms with Gasteiger partial charge < -0.3 is 5.32 Å². The number of anilines is 1. The number of carbonyl (C=O) groups is 1. The molecule has 0 aromatic carbocycles. The van der Waals surface area contributed by atoms with Gasteiger partial charge in [-0.1, -0.05) is 33.6 Å². The first-order valence-electron chi connectivity index (χ1n) is 5.07. The Hall–Kier alpha value is -1.23. The van der Waals surface area contributed by atoms with Crippen molar-refractivity contribution < 1.29 is 4.79 Å². The molecule has 0 spiro atoms. The van der Waals surface area contributed by atoms with Crippen LogP contribution in [0.3, 0.4) is 0 Å². The van der Waals surface area contributed by atoms with Gasteiger partial charge in [-0.2, -0.15) is 0 Å². The molecule has 0 radical (unpaired) electrons. The number of hydrogen-bond acceptors (Lipinski definition) is 3. The smallest absolute Gasteiger partial charge is 0.332 e. The van der Waals surface area contributed by atoms with Crippen molar-refractivity contribution in [3.63, 3.8) is 0 Å². The van der Waals surface area contributed by atoms with Crippen LogP contribution in [0.1, 0.15) is 20.8 Å². The van der Waals surface area contributed by atoms with Crippen molar-refractivity contribution in [1.29, 1.82) is 0 Å². The van der Waals surface area contributed by atoms with Gasteiger partial charge in [-0.05, 0) is 17.5 Å². The SMILES string of the molecule is CC(C)(C)CNC(=O)N(S)c1cccnc1. The van der Waals surface area contributed by atoms with Crippen LogP contribution in [-0.4, -0.2) is 17.6 Å². The van der Waals surface area contributed by atoms with Gasteiger partial charge >= 0.3 is 6.03 Å². The van der Waals surface area contributed by atoms with E-state index in [0.29, 0.717) is 12.2 Å². The minimum Gasteiger partial charge on any atom is -0.336 e. The first kappa shape index (κ1) is 12.8. The summed E-state index contributed by atoms with van der Waals surface area (Å²) in [5, 5.41) is 2.80. The maximum absolute atomic E-state index is 11.7. The van der Waals surface area contributed by atoms with E-state index in [9.17, 15) is 4.79 Å². The van der Waals surface area contributed by atoms with E-state index in [-0.39, 0.29) is 11.4 Å². The van der Waals surface area contributed by atoms with Crippen LogP contribution in [-0.2, 0) is 0 Å². The predicted octanol–water partition coefficient (Wildman–Crippen LogP) is 2.49. The third kappa shape index (κ3) is 4.10. The van der Waals surface area contributed by atoms with E-state index in [1.165, 1.54) is 4.31 Å². The zero-order chi connectivity index (χ0) is 12.2. The van der Waals surface area contributed by atoms with Gasteiger partial charge in [0, 0.05) is 12.7 Å². The highest BCUT2D eigenvalue weighted by atomic mass is 32.1. The fourth-order valence-corrected chi connectivity index (χ4v) is 1.20. The highest BCUT2D eigenvalue weighted by Gasteiger charge is 2.15. The van der Waals surface area contributed by atoms with Crippen LogP contribution < -0.4 is 9.62 Å². The summed E-state index contributed by atoms with van der Waals surface area (Å²) in [6.07, 6.45) is 3.24. The predicted molar refractivity (Wildman–Crippen MR) is 68.6 cm³/mol. The molecule has 2 amide bonds. The Balaban J connectivity index is 2.55. The van der Waals surface area contributed by atoms with Gasteiger partial charge in [-0.15, -0.1) is 0 Å². The van der Waals surface area contributed by atoms with Crippen LogP contribution >= 0.6 is 12.8 Å². The van der Waals surface area contributed by atoms with Crippen molar-refractivity contribution in [2.75, 3.05) is 10.8 Å². The summed E-state index contributed by atoms with van der Waals surface area (Å²) in [5.41, 5.74) is 0.705. The molecule has 0 aliphatic rings. The normalized spacial score (nSPS) is 11.0. The fraction of sp³-hybridized carbons (Fsp3) is 0.455. The van der Waals surface area contributed by atoms with Gasteiger partial charge in [0.25, 0.3) is 0 Å². The molecular formula is C11H17N3OS. The largest absolute Gasteiger partial charge is 0.336 e. The van der Waals surface area contributed by atoms with Crippen molar-refractivity contribution in [1.82, 2.24) is 10.3 Å². The van der Waals surface area contributed by atoms with Crippen LogP contribution in [0.4, 0.5) is 10.5 Å². The van der Waals surface area contributed by atoms with Crippen molar-refractivity contribution in [2.45, 2.75) is 20.8 Å². The molecule has 0 saturated heterocycles. The second-order valence-electron chi connectivity index (χ2n) is 4.74.